The highest BCUT2D eigenvalue weighted by Gasteiger charge is 2.30. The molecule has 1 aliphatic rings. The van der Waals surface area contributed by atoms with Gasteiger partial charge in [0.2, 0.25) is 5.91 Å². The molecule has 2 rings (SSSR count). The van der Waals surface area contributed by atoms with E-state index in [1.165, 1.54) is 5.38 Å². The van der Waals surface area contributed by atoms with Crippen LogP contribution in [0.5, 0.6) is 0 Å². The number of carbonyl (C=O) groups excluding carboxylic acids is 1. The first kappa shape index (κ1) is 15.9. The monoisotopic (exact) mass is 332 g/mol. The summed E-state index contributed by atoms with van der Waals surface area (Å²) in [4.78, 5) is 26.2. The Labute approximate surface area is 126 Å². The van der Waals surface area contributed by atoms with Crippen LogP contribution in [-0.2, 0) is 21.2 Å². The Kier molecular flexibility index (Phi) is 4.94. The lowest BCUT2D eigenvalue weighted by Gasteiger charge is -2.10. The number of aromatic carboxylic acids is 1. The molecule has 1 heterocycles. The van der Waals surface area contributed by atoms with Crippen molar-refractivity contribution in [2.24, 2.45) is 0 Å². The second kappa shape index (κ2) is 6.52. The van der Waals surface area contributed by atoms with E-state index in [4.69, 9.17) is 5.11 Å². The predicted molar refractivity (Wildman–Crippen MR) is 77.0 cm³/mol. The lowest BCUT2D eigenvalue weighted by molar-refractivity contribution is -0.118. The van der Waals surface area contributed by atoms with Crippen LogP contribution in [0.2, 0.25) is 0 Å². The molecule has 0 bridgehead atoms. The standard InChI is InChI=1S/C12H16N2O5S2/c15-10(7-21(18,19)8-3-1-2-4-8)13-5-11-14-9(6-20-11)12(16)17/h6,8H,1-5,7H2,(H,13,15)(H,16,17). The van der Waals surface area contributed by atoms with Crippen molar-refractivity contribution in [2.45, 2.75) is 37.5 Å². The third-order valence-electron chi connectivity index (χ3n) is 3.35. The lowest BCUT2D eigenvalue weighted by atomic mass is 10.4. The Hall–Kier alpha value is -1.48. The summed E-state index contributed by atoms with van der Waals surface area (Å²) in [5, 5.41) is 12.6. The molecule has 1 fully saturated rings. The summed E-state index contributed by atoms with van der Waals surface area (Å²) in [5.74, 6) is -2.23. The third-order valence-corrected chi connectivity index (χ3v) is 6.35. The largest absolute Gasteiger partial charge is 0.476 e. The van der Waals surface area contributed by atoms with Crippen LogP contribution < -0.4 is 5.32 Å². The van der Waals surface area contributed by atoms with Crippen LogP contribution in [-0.4, -0.2) is 41.4 Å². The molecule has 7 nitrogen and oxygen atoms in total. The topological polar surface area (TPSA) is 113 Å². The lowest BCUT2D eigenvalue weighted by Crippen LogP contribution is -2.33. The Morgan fingerprint density at radius 2 is 2.05 bits per heavy atom. The fourth-order valence-corrected chi connectivity index (χ4v) is 4.73. The minimum Gasteiger partial charge on any atom is -0.476 e. The minimum atomic E-state index is -3.40. The summed E-state index contributed by atoms with van der Waals surface area (Å²) >= 11 is 1.11. The zero-order chi connectivity index (χ0) is 15.5. The van der Waals surface area contributed by atoms with E-state index in [9.17, 15) is 18.0 Å². The summed E-state index contributed by atoms with van der Waals surface area (Å²) in [5.41, 5.74) is -0.0807. The Morgan fingerprint density at radius 3 is 2.62 bits per heavy atom. The number of rotatable bonds is 6. The number of amides is 1. The Morgan fingerprint density at radius 1 is 1.38 bits per heavy atom. The number of nitrogens with zero attached hydrogens (tertiary/aromatic N) is 1. The van der Waals surface area contributed by atoms with E-state index in [-0.39, 0.29) is 12.2 Å². The molecule has 0 aromatic carbocycles. The van der Waals surface area contributed by atoms with Crippen molar-refractivity contribution in [3.05, 3.63) is 16.1 Å². The van der Waals surface area contributed by atoms with Crippen LogP contribution in [0.15, 0.2) is 5.38 Å². The number of aromatic nitrogens is 1. The van der Waals surface area contributed by atoms with Crippen LogP contribution in [0.1, 0.15) is 41.2 Å². The summed E-state index contributed by atoms with van der Waals surface area (Å²) in [6, 6.07) is 0. The molecule has 21 heavy (non-hydrogen) atoms. The average molecular weight is 332 g/mol. The van der Waals surface area contributed by atoms with E-state index in [1.54, 1.807) is 0 Å². The molecule has 0 aliphatic heterocycles. The molecule has 0 saturated heterocycles. The zero-order valence-electron chi connectivity index (χ0n) is 11.2. The van der Waals surface area contributed by atoms with Crippen molar-refractivity contribution >= 4 is 33.1 Å². The van der Waals surface area contributed by atoms with E-state index in [0.717, 1.165) is 24.2 Å². The summed E-state index contributed by atoms with van der Waals surface area (Å²) in [7, 11) is -3.40. The first-order valence-electron chi connectivity index (χ1n) is 6.54. The number of sulfone groups is 1. The van der Waals surface area contributed by atoms with E-state index >= 15 is 0 Å². The maximum absolute atomic E-state index is 12.0. The van der Waals surface area contributed by atoms with Gasteiger partial charge in [-0.05, 0) is 12.8 Å². The third kappa shape index (κ3) is 4.24. The quantitative estimate of drug-likeness (QED) is 0.797. The predicted octanol–water partition coefficient (Wildman–Crippen LogP) is 0.815. The molecule has 116 valence electrons. The smallest absolute Gasteiger partial charge is 0.355 e. The van der Waals surface area contributed by atoms with E-state index in [2.05, 4.69) is 10.3 Å². The van der Waals surface area contributed by atoms with Crippen molar-refractivity contribution in [2.75, 3.05) is 5.75 Å². The highest BCUT2D eigenvalue weighted by molar-refractivity contribution is 7.92. The molecular weight excluding hydrogens is 316 g/mol. The number of hydrogen-bond acceptors (Lipinski definition) is 6. The van der Waals surface area contributed by atoms with Crippen LogP contribution in [0.25, 0.3) is 0 Å². The fourth-order valence-electron chi connectivity index (χ4n) is 2.26. The minimum absolute atomic E-state index is 0.0387. The van der Waals surface area contributed by atoms with Crippen molar-refractivity contribution in [1.82, 2.24) is 10.3 Å². The molecule has 0 spiro atoms. The van der Waals surface area contributed by atoms with Gasteiger partial charge < -0.3 is 10.4 Å². The normalized spacial score (nSPS) is 16.0. The van der Waals surface area contributed by atoms with E-state index < -0.39 is 32.7 Å². The summed E-state index contributed by atoms with van der Waals surface area (Å²) in [6.45, 7) is 0.0387. The second-order valence-corrected chi connectivity index (χ2v) is 8.15. The molecule has 0 radical (unpaired) electrons. The van der Waals surface area contributed by atoms with Gasteiger partial charge in [-0.1, -0.05) is 12.8 Å². The first-order valence-corrected chi connectivity index (χ1v) is 9.14. The van der Waals surface area contributed by atoms with Gasteiger partial charge >= 0.3 is 5.97 Å². The summed E-state index contributed by atoms with van der Waals surface area (Å²) in [6.07, 6.45) is 3.04. The van der Waals surface area contributed by atoms with Crippen molar-refractivity contribution in [3.63, 3.8) is 0 Å². The zero-order valence-corrected chi connectivity index (χ0v) is 12.9. The van der Waals surface area contributed by atoms with Gasteiger partial charge in [-0.2, -0.15) is 0 Å². The van der Waals surface area contributed by atoms with Crippen LogP contribution in [0, 0.1) is 0 Å². The van der Waals surface area contributed by atoms with Crippen molar-refractivity contribution < 1.29 is 23.1 Å². The number of carboxylic acids is 1. The molecule has 0 atom stereocenters. The highest BCUT2D eigenvalue weighted by Crippen LogP contribution is 2.25. The Bertz CT molecular complexity index is 632. The second-order valence-electron chi connectivity index (χ2n) is 4.92. The number of thiazole rings is 1. The average Bonchev–Trinajstić information content (AvgIpc) is 3.07. The van der Waals surface area contributed by atoms with E-state index in [1.807, 2.05) is 0 Å². The van der Waals surface area contributed by atoms with Crippen LogP contribution in [0.4, 0.5) is 0 Å². The number of carbonyl (C=O) groups is 2. The van der Waals surface area contributed by atoms with Gasteiger partial charge in [0.05, 0.1) is 11.8 Å². The number of hydrogen-bond donors (Lipinski definition) is 2. The SMILES string of the molecule is O=C(CS(=O)(=O)C1CCCC1)NCc1nc(C(=O)O)cs1. The molecule has 2 N–H and O–H groups in total. The van der Waals surface area contributed by atoms with E-state index in [0.29, 0.717) is 17.8 Å². The first-order chi connectivity index (χ1) is 9.88. The number of nitrogens with one attached hydrogen (secondary N) is 1. The molecule has 1 aliphatic carbocycles. The molecule has 1 aromatic rings. The molecule has 1 saturated carbocycles. The van der Waals surface area contributed by atoms with Gasteiger partial charge in [0.1, 0.15) is 10.8 Å². The highest BCUT2D eigenvalue weighted by atomic mass is 32.2. The molecular formula is C12H16N2O5S2. The van der Waals surface area contributed by atoms with Crippen molar-refractivity contribution in [3.8, 4) is 0 Å². The maximum Gasteiger partial charge on any atom is 0.355 e. The molecule has 1 amide bonds. The van der Waals surface area contributed by atoms with Gasteiger partial charge in [0, 0.05) is 5.38 Å². The maximum atomic E-state index is 12.0. The molecule has 0 unspecified atom stereocenters. The molecule has 9 heteroatoms. The van der Waals surface area contributed by atoms with Gasteiger partial charge in [-0.25, -0.2) is 18.2 Å². The van der Waals surface area contributed by atoms with Gasteiger partial charge in [0.25, 0.3) is 0 Å². The van der Waals surface area contributed by atoms with Gasteiger partial charge in [0.15, 0.2) is 15.5 Å². The van der Waals surface area contributed by atoms with Gasteiger partial charge in [-0.15, -0.1) is 11.3 Å². The number of carboxylic acid groups (broad SMARTS) is 1. The van der Waals surface area contributed by atoms with Crippen LogP contribution in [0.3, 0.4) is 0 Å². The fraction of sp³-hybridized carbons (Fsp3) is 0.583. The summed E-state index contributed by atoms with van der Waals surface area (Å²) < 4.78 is 24.0. The van der Waals surface area contributed by atoms with Crippen molar-refractivity contribution in [1.29, 1.82) is 0 Å². The Balaban J connectivity index is 1.85. The molecule has 1 aromatic heterocycles. The van der Waals surface area contributed by atoms with Gasteiger partial charge in [-0.3, -0.25) is 4.79 Å². The van der Waals surface area contributed by atoms with Crippen LogP contribution >= 0.6 is 11.3 Å².